The third kappa shape index (κ3) is 55.1. The van der Waals surface area contributed by atoms with Gasteiger partial charge in [-0.2, -0.15) is 0 Å². The molecule has 0 bridgehead atoms. The van der Waals surface area contributed by atoms with Crippen molar-refractivity contribution in [3.05, 3.63) is 48.6 Å². The molecule has 404 valence electrons. The van der Waals surface area contributed by atoms with Crippen LogP contribution < -0.4 is 0 Å². The molecule has 0 aromatic carbocycles. The largest absolute Gasteiger partial charge is 0.472 e. The van der Waals surface area contributed by atoms with Gasteiger partial charge < -0.3 is 18.9 Å². The van der Waals surface area contributed by atoms with Crippen molar-refractivity contribution in [1.82, 2.24) is 0 Å². The lowest BCUT2D eigenvalue weighted by Crippen LogP contribution is -2.37. The van der Waals surface area contributed by atoms with E-state index in [0.717, 1.165) is 83.5 Å². The summed E-state index contributed by atoms with van der Waals surface area (Å²) >= 11 is 0. The Morgan fingerprint density at radius 2 is 0.826 bits per heavy atom. The van der Waals surface area contributed by atoms with Crippen molar-refractivity contribution < 1.29 is 42.1 Å². The molecule has 0 aliphatic heterocycles. The predicted molar refractivity (Wildman–Crippen MR) is 293 cm³/mol. The first-order valence-corrected chi connectivity index (χ1v) is 30.4. The molecule has 0 saturated carbocycles. The van der Waals surface area contributed by atoms with Crippen LogP contribution in [-0.4, -0.2) is 74.9 Å². The smallest absolute Gasteiger partial charge is 0.462 e. The molecule has 0 aromatic rings. The molecule has 9 nitrogen and oxygen atoms in total. The van der Waals surface area contributed by atoms with E-state index in [1.807, 2.05) is 21.1 Å². The van der Waals surface area contributed by atoms with Crippen LogP contribution >= 0.6 is 7.82 Å². The summed E-state index contributed by atoms with van der Waals surface area (Å²) in [5, 5.41) is 0. The van der Waals surface area contributed by atoms with Crippen molar-refractivity contribution in [2.24, 2.45) is 0 Å². The first-order chi connectivity index (χ1) is 33.5. The normalized spacial score (nSPS) is 13.7. The highest BCUT2D eigenvalue weighted by Gasteiger charge is 2.27. The standard InChI is InChI=1S/C59H110NO8P/c1-6-8-10-12-14-16-18-20-22-24-26-27-28-29-30-31-32-34-35-37-39-41-43-45-47-49-51-58(61)65-55-57(56-67-69(63,64)66-54-53-60(3,4)5)68-59(62)52-50-48-46-44-42-40-38-36-33-25-23-21-19-17-15-13-11-9-7-2/h9,11,15,17,21,23,33,36,57H,6-8,10,12-14,16,18-20,22,24-32,34-35,37-56H2,1-5H3/p+1/b11-9-,17-15-,23-21-,36-33-. The Balaban J connectivity index is 4.13. The number of hydrogen-bond donors (Lipinski definition) is 1. The number of esters is 2. The molecule has 1 N–H and O–H groups in total. The first kappa shape index (κ1) is 67.0. The summed E-state index contributed by atoms with van der Waals surface area (Å²) in [7, 11) is 1.47. The van der Waals surface area contributed by atoms with Crippen LogP contribution in [0.15, 0.2) is 48.6 Å². The number of carbonyl (C=O) groups is 2. The average Bonchev–Trinajstić information content (AvgIpc) is 3.31. The van der Waals surface area contributed by atoms with Gasteiger partial charge in [-0.05, 0) is 51.4 Å². The molecule has 0 amide bonds. The van der Waals surface area contributed by atoms with Gasteiger partial charge in [-0.15, -0.1) is 0 Å². The molecule has 0 aliphatic carbocycles. The number of allylic oxidation sites excluding steroid dienone is 8. The minimum absolute atomic E-state index is 0.0286. The number of ether oxygens (including phenoxy) is 2. The molecule has 10 heteroatoms. The summed E-state index contributed by atoms with van der Waals surface area (Å²) in [6, 6.07) is 0. The number of hydrogen-bond acceptors (Lipinski definition) is 7. The molecule has 69 heavy (non-hydrogen) atoms. The Hall–Kier alpha value is -2.03. The van der Waals surface area contributed by atoms with Gasteiger partial charge in [0, 0.05) is 12.8 Å². The maximum absolute atomic E-state index is 12.8. The molecule has 0 rings (SSSR count). The van der Waals surface area contributed by atoms with Gasteiger partial charge in [-0.25, -0.2) is 4.57 Å². The van der Waals surface area contributed by atoms with Gasteiger partial charge in [0.15, 0.2) is 6.10 Å². The van der Waals surface area contributed by atoms with E-state index in [1.54, 1.807) is 0 Å². The maximum Gasteiger partial charge on any atom is 0.472 e. The topological polar surface area (TPSA) is 108 Å². The molecule has 0 fully saturated rings. The van der Waals surface area contributed by atoms with Crippen LogP contribution in [0.25, 0.3) is 0 Å². The van der Waals surface area contributed by atoms with Crippen molar-refractivity contribution >= 4 is 19.8 Å². The molecule has 0 spiro atoms. The zero-order valence-electron chi connectivity index (χ0n) is 45.8. The Kier molecular flexibility index (Phi) is 49.4. The number of rotatable bonds is 53. The quantitative estimate of drug-likeness (QED) is 0.0211. The summed E-state index contributed by atoms with van der Waals surface area (Å²) in [4.78, 5) is 35.7. The molecule has 0 aliphatic rings. The Bertz CT molecular complexity index is 1310. The highest BCUT2D eigenvalue weighted by Crippen LogP contribution is 2.43. The second kappa shape index (κ2) is 50.9. The van der Waals surface area contributed by atoms with Gasteiger partial charge in [0.25, 0.3) is 0 Å². The van der Waals surface area contributed by atoms with Crippen LogP contribution in [0.5, 0.6) is 0 Å². The minimum atomic E-state index is -4.39. The zero-order chi connectivity index (χ0) is 50.6. The third-order valence-corrected chi connectivity index (χ3v) is 13.6. The predicted octanol–water partition coefficient (Wildman–Crippen LogP) is 17.8. The van der Waals surface area contributed by atoms with Crippen LogP contribution in [0.1, 0.15) is 264 Å². The lowest BCUT2D eigenvalue weighted by Gasteiger charge is -2.24. The lowest BCUT2D eigenvalue weighted by molar-refractivity contribution is -0.870. The minimum Gasteiger partial charge on any atom is -0.462 e. The second-order valence-corrected chi connectivity index (χ2v) is 22.1. The lowest BCUT2D eigenvalue weighted by atomic mass is 10.0. The fraction of sp³-hybridized carbons (Fsp3) is 0.831. The summed E-state index contributed by atoms with van der Waals surface area (Å²) in [5.74, 6) is -0.804. The molecular formula is C59H111NO8P+. The fourth-order valence-electron chi connectivity index (χ4n) is 8.19. The molecule has 0 aromatic heterocycles. The molecule has 0 heterocycles. The number of unbranched alkanes of at least 4 members (excludes halogenated alkanes) is 31. The van der Waals surface area contributed by atoms with Gasteiger partial charge in [-0.1, -0.05) is 249 Å². The van der Waals surface area contributed by atoms with E-state index in [2.05, 4.69) is 62.5 Å². The van der Waals surface area contributed by atoms with Crippen molar-refractivity contribution in [1.29, 1.82) is 0 Å². The fourth-order valence-corrected chi connectivity index (χ4v) is 8.93. The average molecular weight is 994 g/mol. The molecule has 0 radical (unpaired) electrons. The number of phosphoric ester groups is 1. The van der Waals surface area contributed by atoms with E-state index in [1.165, 1.54) is 148 Å². The maximum atomic E-state index is 12.8. The van der Waals surface area contributed by atoms with Crippen LogP contribution in [0.3, 0.4) is 0 Å². The van der Waals surface area contributed by atoms with E-state index in [0.29, 0.717) is 17.4 Å². The molecule has 2 atom stereocenters. The molecule has 0 saturated heterocycles. The Labute approximate surface area is 426 Å². The van der Waals surface area contributed by atoms with Gasteiger partial charge in [0.05, 0.1) is 27.7 Å². The van der Waals surface area contributed by atoms with E-state index < -0.39 is 26.5 Å². The Morgan fingerprint density at radius 1 is 0.464 bits per heavy atom. The highest BCUT2D eigenvalue weighted by molar-refractivity contribution is 7.47. The zero-order valence-corrected chi connectivity index (χ0v) is 46.7. The van der Waals surface area contributed by atoms with Crippen molar-refractivity contribution in [2.45, 2.75) is 270 Å². The summed E-state index contributed by atoms with van der Waals surface area (Å²) < 4.78 is 34.5. The van der Waals surface area contributed by atoms with Gasteiger partial charge >= 0.3 is 19.8 Å². The summed E-state index contributed by atoms with van der Waals surface area (Å²) in [5.41, 5.74) is 0. The molecular weight excluding hydrogens is 882 g/mol. The van der Waals surface area contributed by atoms with Crippen LogP contribution in [-0.2, 0) is 32.7 Å². The number of phosphoric acid groups is 1. The number of likely N-dealkylation sites (N-methyl/N-ethyl adjacent to an activating group) is 1. The Morgan fingerprint density at radius 3 is 1.23 bits per heavy atom. The summed E-state index contributed by atoms with van der Waals surface area (Å²) in [6.45, 7) is 4.34. The summed E-state index contributed by atoms with van der Waals surface area (Å²) in [6.07, 6.45) is 63.3. The van der Waals surface area contributed by atoms with Gasteiger partial charge in [0.2, 0.25) is 0 Å². The highest BCUT2D eigenvalue weighted by atomic mass is 31.2. The number of nitrogens with zero attached hydrogens (tertiary/aromatic N) is 1. The number of carbonyl (C=O) groups excluding carboxylic acids is 2. The van der Waals surface area contributed by atoms with Crippen LogP contribution in [0.2, 0.25) is 0 Å². The second-order valence-electron chi connectivity index (χ2n) is 20.7. The first-order valence-electron chi connectivity index (χ1n) is 28.9. The van der Waals surface area contributed by atoms with E-state index >= 15 is 0 Å². The van der Waals surface area contributed by atoms with Crippen LogP contribution in [0, 0.1) is 0 Å². The van der Waals surface area contributed by atoms with Gasteiger partial charge in [-0.3, -0.25) is 18.6 Å². The van der Waals surface area contributed by atoms with Gasteiger partial charge in [0.1, 0.15) is 19.8 Å². The van der Waals surface area contributed by atoms with E-state index in [-0.39, 0.29) is 32.0 Å². The SMILES string of the molecule is CC/C=C\C/C=C\C/C=C\C/C=C\CCCCCCCCC(=O)OC(COC(=O)CCCCCCCCCCCCCCCCCCCCCCCCCCCC)COP(=O)(O)OCC[N+](C)(C)C. The van der Waals surface area contributed by atoms with Crippen LogP contribution in [0.4, 0.5) is 0 Å². The number of quaternary nitrogens is 1. The molecule has 2 unspecified atom stereocenters. The van der Waals surface area contributed by atoms with Crippen molar-refractivity contribution in [3.63, 3.8) is 0 Å². The third-order valence-electron chi connectivity index (χ3n) is 12.6. The van der Waals surface area contributed by atoms with Crippen molar-refractivity contribution in [2.75, 3.05) is 47.5 Å². The van der Waals surface area contributed by atoms with E-state index in [4.69, 9.17) is 18.5 Å². The van der Waals surface area contributed by atoms with Crippen molar-refractivity contribution in [3.8, 4) is 0 Å². The van der Waals surface area contributed by atoms with E-state index in [9.17, 15) is 19.0 Å². The monoisotopic (exact) mass is 993 g/mol.